The van der Waals surface area contributed by atoms with Gasteiger partial charge in [0.1, 0.15) is 0 Å². The van der Waals surface area contributed by atoms with Gasteiger partial charge in [-0.1, -0.05) is 159 Å². The maximum Gasteiger partial charge on any atom is 0.0783 e. The summed E-state index contributed by atoms with van der Waals surface area (Å²) >= 11 is 3.80. The molecule has 6 heterocycles. The number of hydrogen-bond acceptors (Lipinski definition) is 6. The predicted molar refractivity (Wildman–Crippen MR) is 348 cm³/mol. The molecule has 0 N–H and O–H groups in total. The van der Waals surface area contributed by atoms with Crippen LogP contribution in [0.4, 0.5) is 0 Å². The van der Waals surface area contributed by atoms with E-state index in [1.54, 1.807) is 17.6 Å². The first kappa shape index (κ1) is 60.7. The van der Waals surface area contributed by atoms with Gasteiger partial charge in [0.15, 0.2) is 0 Å². The number of thiophene rings is 2. The second-order valence-corrected chi connectivity index (χ2v) is 35.3. The number of nitrogens with zero attached hydrogens (tertiary/aromatic N) is 4. The van der Waals surface area contributed by atoms with E-state index in [4.69, 9.17) is 9.97 Å². The van der Waals surface area contributed by atoms with Gasteiger partial charge in [-0.05, 0) is 117 Å². The smallest absolute Gasteiger partial charge is 0.0783 e. The van der Waals surface area contributed by atoms with Gasteiger partial charge in [0, 0.05) is 82.5 Å². The van der Waals surface area contributed by atoms with E-state index in [2.05, 4.69) is 158 Å². The zero-order valence-electron chi connectivity index (χ0n) is 47.6. The number of pyridine rings is 4. The van der Waals surface area contributed by atoms with Crippen molar-refractivity contribution in [1.29, 1.82) is 0 Å². The Morgan fingerprint density at radius 2 is 0.902 bits per heavy atom. The fourth-order valence-corrected chi connectivity index (χ4v) is 17.3. The molecular formula is C72H68Ir2N4S2Si2-4. The molecule has 4 nitrogen and oxygen atoms in total. The first-order chi connectivity index (χ1) is 39.0. The van der Waals surface area contributed by atoms with Crippen molar-refractivity contribution in [1.82, 2.24) is 19.9 Å². The SMILES string of the molecule is C[Si](C)(C)c1c[c-]c(-c2cc(C3CCCC3)ccn2)c2sc3ccccc3c12.C[Si](C)(C)c1cccc2sc3c(-c4cc(C5CCCC5)ccn4)[c-]ccc3c12.[Ir].[Ir].[c-]1ccccc1-c1ccccn1.[c-]1ccccc1-c1ccccn1. The van der Waals surface area contributed by atoms with Crippen molar-refractivity contribution in [3.05, 3.63) is 230 Å². The van der Waals surface area contributed by atoms with Crippen LogP contribution in [0.2, 0.25) is 39.3 Å². The van der Waals surface area contributed by atoms with E-state index >= 15 is 0 Å². The maximum absolute atomic E-state index is 4.78. The fourth-order valence-electron chi connectivity index (χ4n) is 11.5. The molecule has 2 aliphatic carbocycles. The van der Waals surface area contributed by atoms with Crippen molar-refractivity contribution in [2.45, 2.75) is 102 Å². The van der Waals surface area contributed by atoms with Crippen molar-refractivity contribution >= 4 is 89.5 Å². The predicted octanol–water partition coefficient (Wildman–Crippen LogP) is 19.3. The van der Waals surface area contributed by atoms with Crippen LogP contribution in [-0.2, 0) is 40.2 Å². The number of rotatable bonds is 8. The minimum Gasteiger partial charge on any atom is -0.305 e. The summed E-state index contributed by atoms with van der Waals surface area (Å²) in [7, 11) is -2.90. The molecule has 0 amide bonds. The van der Waals surface area contributed by atoms with Crippen LogP contribution in [0.25, 0.3) is 85.4 Å². The summed E-state index contributed by atoms with van der Waals surface area (Å²) in [6, 6.07) is 72.2. The average molecular weight is 1490 g/mol. The zero-order chi connectivity index (χ0) is 55.1. The van der Waals surface area contributed by atoms with Crippen molar-refractivity contribution in [3.63, 3.8) is 0 Å². The van der Waals surface area contributed by atoms with Crippen LogP contribution in [0.3, 0.4) is 0 Å². The van der Waals surface area contributed by atoms with Crippen LogP contribution in [0, 0.1) is 24.3 Å². The van der Waals surface area contributed by atoms with Gasteiger partial charge < -0.3 is 19.9 Å². The Hall–Kier alpha value is -5.91. The fraction of sp³-hybridized carbons (Fsp3) is 0.222. The molecule has 0 unspecified atom stereocenters. The summed E-state index contributed by atoms with van der Waals surface area (Å²) < 4.78 is 5.45. The molecule has 14 rings (SSSR count). The van der Waals surface area contributed by atoms with Gasteiger partial charge in [-0.2, -0.15) is 22.7 Å². The van der Waals surface area contributed by atoms with Crippen LogP contribution in [-0.4, -0.2) is 36.1 Å². The molecule has 0 aliphatic heterocycles. The van der Waals surface area contributed by atoms with Gasteiger partial charge in [-0.15, -0.1) is 118 Å². The first-order valence-electron chi connectivity index (χ1n) is 28.4. The monoisotopic (exact) mass is 1490 g/mol. The third kappa shape index (κ3) is 14.0. The van der Waals surface area contributed by atoms with E-state index in [-0.39, 0.29) is 40.2 Å². The van der Waals surface area contributed by atoms with Crippen LogP contribution in [0.1, 0.15) is 74.3 Å². The summed E-state index contributed by atoms with van der Waals surface area (Å²) in [5.41, 5.74) is 11.4. The molecule has 0 atom stereocenters. The third-order valence-corrected chi connectivity index (χ3v) is 22.0. The average Bonchev–Trinajstić information content (AvgIpc) is 3.29. The van der Waals surface area contributed by atoms with Crippen molar-refractivity contribution < 1.29 is 40.2 Å². The number of benzene rings is 6. The topological polar surface area (TPSA) is 51.6 Å². The Bertz CT molecular complexity index is 3850. The minimum absolute atomic E-state index is 0. The van der Waals surface area contributed by atoms with E-state index < -0.39 is 16.1 Å². The third-order valence-electron chi connectivity index (χ3n) is 15.6. The summed E-state index contributed by atoms with van der Waals surface area (Å²) in [6.07, 6.45) is 18.3. The molecule has 6 aromatic carbocycles. The summed E-state index contributed by atoms with van der Waals surface area (Å²) in [6.45, 7) is 14.6. The van der Waals surface area contributed by atoms with Gasteiger partial charge in [0.05, 0.1) is 8.07 Å². The molecular weight excluding hydrogens is 1430 g/mol. The van der Waals surface area contributed by atoms with Crippen LogP contribution in [0.15, 0.2) is 195 Å². The van der Waals surface area contributed by atoms with Crippen molar-refractivity contribution in [3.8, 4) is 45.0 Å². The Morgan fingerprint density at radius 1 is 0.402 bits per heavy atom. The molecule has 2 saturated carbocycles. The van der Waals surface area contributed by atoms with Crippen LogP contribution < -0.4 is 10.4 Å². The number of aromatic nitrogens is 4. The molecule has 0 spiro atoms. The van der Waals surface area contributed by atoms with E-state index in [1.165, 1.54) is 119 Å². The molecule has 2 aliphatic rings. The van der Waals surface area contributed by atoms with E-state index in [1.807, 2.05) is 120 Å². The molecule has 6 aromatic heterocycles. The van der Waals surface area contributed by atoms with E-state index in [0.717, 1.165) is 33.9 Å². The first-order valence-corrected chi connectivity index (χ1v) is 37.0. The molecule has 0 saturated heterocycles. The molecule has 0 bridgehead atoms. The molecule has 12 aromatic rings. The maximum atomic E-state index is 4.78. The van der Waals surface area contributed by atoms with Crippen molar-refractivity contribution in [2.75, 3.05) is 0 Å². The summed E-state index contributed by atoms with van der Waals surface area (Å²) in [4.78, 5) is 18.0. The summed E-state index contributed by atoms with van der Waals surface area (Å²) in [5.74, 6) is 1.42. The second-order valence-electron chi connectivity index (χ2n) is 23.1. The standard InChI is InChI=1S/2C25H26NSSi.2C11H8N.2Ir/c1-28(2,3)23-13-7-12-22-24(23)20-11-6-10-19(25(20)27-22)21-16-18(14-15-26-21)17-8-4-5-9-17;1-28(2,3)23-13-12-19(25-24(23)20-10-6-7-11-22(20)27-25)21-16-18(14-15-26-21)17-8-4-5-9-17;2*1-2-6-10(7-3-1)11-8-4-5-9-12-11;;/h6-7,11-17H,4-5,8-9H2,1-3H3;6-7,10-11,13-17H,4-5,8-9H2,1-3H3;2*1-6,8-9H;;/q4*-1;;. The van der Waals surface area contributed by atoms with Gasteiger partial charge in [-0.3, -0.25) is 0 Å². The van der Waals surface area contributed by atoms with Crippen LogP contribution >= 0.6 is 22.7 Å². The second kappa shape index (κ2) is 27.7. The van der Waals surface area contributed by atoms with Crippen molar-refractivity contribution in [2.24, 2.45) is 0 Å². The summed E-state index contributed by atoms with van der Waals surface area (Å²) in [5, 5.41) is 8.74. The van der Waals surface area contributed by atoms with E-state index in [0.29, 0.717) is 11.8 Å². The quantitative estimate of drug-likeness (QED) is 0.112. The normalized spacial score (nSPS) is 13.5. The Kier molecular flexibility index (Phi) is 20.5. The van der Waals surface area contributed by atoms with Gasteiger partial charge in [-0.25, -0.2) is 0 Å². The zero-order valence-corrected chi connectivity index (χ0v) is 56.0. The molecule has 82 heavy (non-hydrogen) atoms. The van der Waals surface area contributed by atoms with Gasteiger partial charge in [0.2, 0.25) is 0 Å². The molecule has 10 heteroatoms. The van der Waals surface area contributed by atoms with Crippen LogP contribution in [0.5, 0.6) is 0 Å². The molecule has 2 radical (unpaired) electrons. The largest absolute Gasteiger partial charge is 0.305 e. The number of hydrogen-bond donors (Lipinski definition) is 0. The van der Waals surface area contributed by atoms with Gasteiger partial charge in [0.25, 0.3) is 0 Å². The Labute approximate surface area is 522 Å². The Balaban J connectivity index is 0.000000140. The number of fused-ring (bicyclic) bond motifs is 6. The molecule has 418 valence electrons. The molecule has 2 fully saturated rings. The minimum atomic E-state index is -1.48. The van der Waals surface area contributed by atoms with E-state index in [9.17, 15) is 0 Å². The van der Waals surface area contributed by atoms with Gasteiger partial charge >= 0.3 is 0 Å². The Morgan fingerprint density at radius 3 is 1.43 bits per heavy atom.